The molecular weight excluding hydrogens is 366 g/mol. The molecule has 4 rings (SSSR count). The molecule has 0 aliphatic heterocycles. The molecule has 2 aliphatic carbocycles. The van der Waals surface area contributed by atoms with Crippen LogP contribution >= 0.6 is 0 Å². The monoisotopic (exact) mass is 389 g/mol. The normalized spacial score (nSPS) is 17.3. The smallest absolute Gasteiger partial charge is 0.251 e. The first-order valence-corrected chi connectivity index (χ1v) is 10.8. The van der Waals surface area contributed by atoms with Crippen LogP contribution in [0.2, 0.25) is 0 Å². The fraction of sp³-hybridized carbons (Fsp3) is 0.474. The summed E-state index contributed by atoms with van der Waals surface area (Å²) in [5.74, 6) is 0.0910. The van der Waals surface area contributed by atoms with Crippen LogP contribution in [0.1, 0.15) is 53.1 Å². The van der Waals surface area contributed by atoms with Gasteiger partial charge in [-0.3, -0.25) is 4.79 Å². The van der Waals surface area contributed by atoms with Gasteiger partial charge < -0.3 is 9.84 Å². The Morgan fingerprint density at radius 3 is 2.48 bits per heavy atom. The summed E-state index contributed by atoms with van der Waals surface area (Å²) in [4.78, 5) is 12.1. The fourth-order valence-corrected chi connectivity index (χ4v) is 4.67. The zero-order valence-corrected chi connectivity index (χ0v) is 16.0. The van der Waals surface area contributed by atoms with Gasteiger partial charge in [-0.2, -0.15) is 4.31 Å². The maximum Gasteiger partial charge on any atom is 0.251 e. The predicted molar refractivity (Wildman–Crippen MR) is 99.4 cm³/mol. The number of carbonyl (C=O) groups is 1. The van der Waals surface area contributed by atoms with Crippen LogP contribution in [0, 0.1) is 6.92 Å². The van der Waals surface area contributed by atoms with Gasteiger partial charge in [-0.25, -0.2) is 8.42 Å². The van der Waals surface area contributed by atoms with E-state index in [9.17, 15) is 13.2 Å². The highest BCUT2D eigenvalue weighted by Crippen LogP contribution is 2.32. The molecule has 1 amide bonds. The van der Waals surface area contributed by atoms with Crippen molar-refractivity contribution in [3.8, 4) is 0 Å². The molecule has 1 aromatic carbocycles. The first-order chi connectivity index (χ1) is 12.9. The Kier molecular flexibility index (Phi) is 4.77. The van der Waals surface area contributed by atoms with Crippen LogP contribution in [-0.2, 0) is 22.3 Å². The number of amides is 1. The number of hydrogen-bond donors (Lipinski definition) is 1. The molecule has 1 heterocycles. The quantitative estimate of drug-likeness (QED) is 0.748. The highest BCUT2D eigenvalue weighted by atomic mass is 32.2. The molecule has 2 saturated carbocycles. The molecule has 144 valence electrons. The highest BCUT2D eigenvalue weighted by molar-refractivity contribution is 7.88. The molecule has 0 atom stereocenters. The Hall–Kier alpha value is -2.19. The number of benzene rings is 1. The third kappa shape index (κ3) is 4.56. The maximum atomic E-state index is 12.9. The van der Waals surface area contributed by atoms with Crippen LogP contribution in [-0.4, -0.2) is 35.9 Å². The fourth-order valence-electron chi connectivity index (χ4n) is 3.00. The number of hydrogen-bond acceptors (Lipinski definition) is 5. The Morgan fingerprint density at radius 1 is 1.22 bits per heavy atom. The molecule has 0 saturated heterocycles. The second-order valence-corrected chi connectivity index (χ2v) is 9.33. The SMILES string of the molecule is Cc1cc(CS(=O)(=O)N(Cc2ccc(C(=O)NC3CC3)cc2)C2CC2)on1. The highest BCUT2D eigenvalue weighted by Gasteiger charge is 2.37. The summed E-state index contributed by atoms with van der Waals surface area (Å²) in [5.41, 5.74) is 2.13. The van der Waals surface area contributed by atoms with Crippen LogP contribution in [0.4, 0.5) is 0 Å². The number of nitrogens with zero attached hydrogens (tertiary/aromatic N) is 2. The Morgan fingerprint density at radius 2 is 1.93 bits per heavy atom. The van der Waals surface area contributed by atoms with Crippen LogP contribution in [0.25, 0.3) is 0 Å². The van der Waals surface area contributed by atoms with Gasteiger partial charge in [-0.05, 0) is 50.3 Å². The number of rotatable bonds is 8. The lowest BCUT2D eigenvalue weighted by Gasteiger charge is -2.21. The van der Waals surface area contributed by atoms with E-state index in [1.165, 1.54) is 0 Å². The van der Waals surface area contributed by atoms with Crippen molar-refractivity contribution < 1.29 is 17.7 Å². The Bertz CT molecular complexity index is 928. The van der Waals surface area contributed by atoms with Gasteiger partial charge in [-0.1, -0.05) is 17.3 Å². The van der Waals surface area contributed by atoms with E-state index in [4.69, 9.17) is 4.52 Å². The van der Waals surface area contributed by atoms with Crippen molar-refractivity contribution in [3.63, 3.8) is 0 Å². The standard InChI is InChI=1S/C19H23N3O4S/c1-13-10-18(26-21-13)12-27(24,25)22(17-8-9-17)11-14-2-4-15(5-3-14)19(23)20-16-6-7-16/h2-5,10,16-17H,6-9,11-12H2,1H3,(H,20,23). The van der Waals surface area contributed by atoms with Crippen LogP contribution in [0.5, 0.6) is 0 Å². The van der Waals surface area contributed by atoms with Gasteiger partial charge in [-0.15, -0.1) is 0 Å². The molecule has 27 heavy (non-hydrogen) atoms. The minimum atomic E-state index is -3.51. The van der Waals surface area contributed by atoms with Gasteiger partial charge in [0.15, 0.2) is 5.76 Å². The van der Waals surface area contributed by atoms with E-state index in [0.717, 1.165) is 31.2 Å². The summed E-state index contributed by atoms with van der Waals surface area (Å²) in [5, 5.41) is 6.71. The molecule has 8 heteroatoms. The lowest BCUT2D eigenvalue weighted by molar-refractivity contribution is 0.0951. The van der Waals surface area contributed by atoms with E-state index in [0.29, 0.717) is 29.6 Å². The number of nitrogens with one attached hydrogen (secondary N) is 1. The average Bonchev–Trinajstić information content (AvgIpc) is 3.54. The maximum absolute atomic E-state index is 12.9. The van der Waals surface area contributed by atoms with E-state index in [1.54, 1.807) is 29.4 Å². The van der Waals surface area contributed by atoms with Gasteiger partial charge in [0.05, 0.1) is 5.69 Å². The zero-order chi connectivity index (χ0) is 19.0. The predicted octanol–water partition coefficient (Wildman–Crippen LogP) is 2.37. The summed E-state index contributed by atoms with van der Waals surface area (Å²) >= 11 is 0. The molecular formula is C19H23N3O4S. The Labute approximate surface area is 158 Å². The number of carbonyl (C=O) groups excluding carboxylic acids is 1. The first kappa shape index (κ1) is 18.2. The third-order valence-electron chi connectivity index (χ3n) is 4.78. The molecule has 7 nitrogen and oxygen atoms in total. The molecule has 0 unspecified atom stereocenters. The van der Waals surface area contributed by atoms with E-state index >= 15 is 0 Å². The largest absolute Gasteiger partial charge is 0.360 e. The molecule has 0 bridgehead atoms. The van der Waals surface area contributed by atoms with Gasteiger partial charge in [0.2, 0.25) is 10.0 Å². The number of aryl methyl sites for hydroxylation is 1. The van der Waals surface area contributed by atoms with Crippen molar-refractivity contribution >= 4 is 15.9 Å². The molecule has 2 aliphatic rings. The molecule has 0 radical (unpaired) electrons. The van der Waals surface area contributed by atoms with E-state index in [1.807, 2.05) is 12.1 Å². The molecule has 1 N–H and O–H groups in total. The van der Waals surface area contributed by atoms with Gasteiger partial charge in [0.25, 0.3) is 5.91 Å². The van der Waals surface area contributed by atoms with E-state index < -0.39 is 10.0 Å². The van der Waals surface area contributed by atoms with Crippen molar-refractivity contribution in [2.45, 2.75) is 57.0 Å². The minimum Gasteiger partial charge on any atom is -0.360 e. The zero-order valence-electron chi connectivity index (χ0n) is 15.2. The molecule has 1 aromatic heterocycles. The second-order valence-electron chi connectivity index (χ2n) is 7.41. The summed E-state index contributed by atoms with van der Waals surface area (Å²) in [7, 11) is -3.51. The van der Waals surface area contributed by atoms with Crippen molar-refractivity contribution in [1.29, 1.82) is 0 Å². The average molecular weight is 389 g/mol. The first-order valence-electron chi connectivity index (χ1n) is 9.22. The summed E-state index contributed by atoms with van der Waals surface area (Å²) in [6.45, 7) is 2.06. The van der Waals surface area contributed by atoms with Crippen molar-refractivity contribution in [1.82, 2.24) is 14.8 Å². The number of sulfonamides is 1. The topological polar surface area (TPSA) is 92.5 Å². The minimum absolute atomic E-state index is 0.0388. The van der Waals surface area contributed by atoms with Gasteiger partial charge in [0, 0.05) is 30.3 Å². The van der Waals surface area contributed by atoms with Crippen LogP contribution < -0.4 is 5.32 Å². The third-order valence-corrected chi connectivity index (χ3v) is 6.57. The summed E-state index contributed by atoms with van der Waals surface area (Å²) in [6, 6.07) is 9.16. The molecule has 2 aromatic rings. The summed E-state index contributed by atoms with van der Waals surface area (Å²) in [6.07, 6.45) is 3.83. The number of aromatic nitrogens is 1. The van der Waals surface area contributed by atoms with Crippen LogP contribution in [0.15, 0.2) is 34.9 Å². The van der Waals surface area contributed by atoms with Crippen molar-refractivity contribution in [2.24, 2.45) is 0 Å². The van der Waals surface area contributed by atoms with E-state index in [-0.39, 0.29) is 17.7 Å². The van der Waals surface area contributed by atoms with Crippen LogP contribution in [0.3, 0.4) is 0 Å². The van der Waals surface area contributed by atoms with Crippen molar-refractivity contribution in [2.75, 3.05) is 0 Å². The van der Waals surface area contributed by atoms with E-state index in [2.05, 4.69) is 10.5 Å². The Balaban J connectivity index is 1.45. The van der Waals surface area contributed by atoms with Gasteiger partial charge in [0.1, 0.15) is 5.75 Å². The van der Waals surface area contributed by atoms with Gasteiger partial charge >= 0.3 is 0 Å². The lowest BCUT2D eigenvalue weighted by atomic mass is 10.1. The lowest BCUT2D eigenvalue weighted by Crippen LogP contribution is -2.33. The van der Waals surface area contributed by atoms with Crippen molar-refractivity contribution in [3.05, 3.63) is 52.9 Å². The summed E-state index contributed by atoms with van der Waals surface area (Å²) < 4.78 is 32.4. The molecule has 2 fully saturated rings. The molecule has 0 spiro atoms. The second kappa shape index (κ2) is 7.09.